The lowest BCUT2D eigenvalue weighted by Crippen LogP contribution is -2.28. The Morgan fingerprint density at radius 3 is 2.32 bits per heavy atom. The second kappa shape index (κ2) is 11.0. The van der Waals surface area contributed by atoms with Crippen LogP contribution in [-0.4, -0.2) is 30.8 Å². The summed E-state index contributed by atoms with van der Waals surface area (Å²) >= 11 is 0. The number of rotatable bonds is 7. The van der Waals surface area contributed by atoms with Crippen molar-refractivity contribution in [1.29, 1.82) is 0 Å². The summed E-state index contributed by atoms with van der Waals surface area (Å²) in [6.07, 6.45) is -1.40. The molecule has 41 heavy (non-hydrogen) atoms. The third kappa shape index (κ3) is 6.03. The van der Waals surface area contributed by atoms with Gasteiger partial charge in [-0.1, -0.05) is 5.92 Å². The number of anilines is 1. The summed E-state index contributed by atoms with van der Waals surface area (Å²) in [5.74, 6) is -1.40. The van der Waals surface area contributed by atoms with Crippen molar-refractivity contribution in [3.05, 3.63) is 80.4 Å². The fourth-order valence-corrected chi connectivity index (χ4v) is 3.97. The maximum absolute atomic E-state index is 15.0. The number of terminal acetylenes is 1. The number of benzene rings is 1. The molecule has 0 fully saturated rings. The van der Waals surface area contributed by atoms with Crippen LogP contribution in [0.5, 0.6) is 0 Å². The number of nitrogens with one attached hydrogen (secondary N) is 2. The van der Waals surface area contributed by atoms with E-state index < -0.39 is 74.7 Å². The average Bonchev–Trinajstić information content (AvgIpc) is 2.90. The first-order chi connectivity index (χ1) is 19.2. The summed E-state index contributed by atoms with van der Waals surface area (Å²) in [6.45, 7) is -0.0980. The van der Waals surface area contributed by atoms with Gasteiger partial charge in [0.05, 0.1) is 34.4 Å². The predicted octanol–water partition coefficient (Wildman–Crippen LogP) is 4.75. The van der Waals surface area contributed by atoms with Crippen LogP contribution in [0.3, 0.4) is 0 Å². The Morgan fingerprint density at radius 1 is 1.02 bits per heavy atom. The van der Waals surface area contributed by atoms with Crippen molar-refractivity contribution in [3.63, 3.8) is 0 Å². The van der Waals surface area contributed by atoms with Crippen LogP contribution in [0.4, 0.5) is 40.8 Å². The molecule has 4 aromatic rings. The summed E-state index contributed by atoms with van der Waals surface area (Å²) < 4.78 is 109. The molecule has 0 aliphatic heterocycles. The molecule has 3 heterocycles. The fourth-order valence-electron chi connectivity index (χ4n) is 3.97. The number of nitrogens with zero attached hydrogens (tertiary/aromatic N) is 4. The normalized spacial score (nSPS) is 12.8. The maximum Gasteiger partial charge on any atom is 0.423 e. The van der Waals surface area contributed by atoms with Gasteiger partial charge < -0.3 is 9.88 Å². The van der Waals surface area contributed by atoms with Gasteiger partial charge in [0.25, 0.3) is 11.1 Å². The molecule has 8 nitrogen and oxygen atoms in total. The third-order valence-electron chi connectivity index (χ3n) is 5.93. The van der Waals surface area contributed by atoms with E-state index in [0.717, 1.165) is 16.8 Å². The molecule has 16 heteroatoms. The lowest BCUT2D eigenvalue weighted by atomic mass is 10.1. The van der Waals surface area contributed by atoms with Gasteiger partial charge in [0.15, 0.2) is 17.5 Å². The summed E-state index contributed by atoms with van der Waals surface area (Å²) in [5.41, 5.74) is -6.32. The Balaban J connectivity index is 1.54. The van der Waals surface area contributed by atoms with E-state index in [1.165, 1.54) is 12.3 Å². The van der Waals surface area contributed by atoms with Gasteiger partial charge in [-0.25, -0.2) is 23.8 Å². The number of H-pyrrole nitrogens is 1. The number of aryl methyl sites for hydroxylation is 1. The first-order valence-electron chi connectivity index (χ1n) is 11.5. The molecule has 0 unspecified atom stereocenters. The zero-order valence-electron chi connectivity index (χ0n) is 20.4. The van der Waals surface area contributed by atoms with Crippen molar-refractivity contribution < 1.29 is 35.1 Å². The van der Waals surface area contributed by atoms with Crippen LogP contribution < -0.4 is 16.4 Å². The molecule has 4 rings (SSSR count). The van der Waals surface area contributed by atoms with Crippen LogP contribution in [0.1, 0.15) is 24.0 Å². The first kappa shape index (κ1) is 29.2. The number of hydrogen-bond donors (Lipinski definition) is 2. The first-order valence-corrected chi connectivity index (χ1v) is 11.5. The monoisotopic (exact) mass is 584 g/mol. The number of halogens is 8. The van der Waals surface area contributed by atoms with Crippen LogP contribution >= 0.6 is 0 Å². The van der Waals surface area contributed by atoms with Gasteiger partial charge in [-0.2, -0.15) is 31.4 Å². The number of alkyl halides is 6. The fraction of sp³-hybridized carbons (Fsp3) is 0.240. The van der Waals surface area contributed by atoms with E-state index in [2.05, 4.69) is 26.3 Å². The summed E-state index contributed by atoms with van der Waals surface area (Å²) in [4.78, 5) is 31.4. The molecule has 1 atom stereocenters. The molecule has 2 N–H and O–H groups in total. The predicted molar refractivity (Wildman–Crippen MR) is 129 cm³/mol. The Morgan fingerprint density at radius 2 is 1.71 bits per heavy atom. The van der Waals surface area contributed by atoms with Crippen molar-refractivity contribution in [3.8, 4) is 23.7 Å². The molecule has 0 bridgehead atoms. The Labute approximate surface area is 224 Å². The van der Waals surface area contributed by atoms with Crippen LogP contribution in [0, 0.1) is 24.0 Å². The van der Waals surface area contributed by atoms with Gasteiger partial charge >= 0.3 is 12.4 Å². The molecule has 0 amide bonds. The number of pyridine rings is 1. The van der Waals surface area contributed by atoms with Gasteiger partial charge in [0.1, 0.15) is 5.56 Å². The quantitative estimate of drug-likeness (QED) is 0.240. The van der Waals surface area contributed by atoms with Crippen LogP contribution in [0.15, 0.2) is 46.5 Å². The minimum absolute atomic E-state index is 0.00607. The zero-order valence-corrected chi connectivity index (χ0v) is 20.4. The smallest absolute Gasteiger partial charge is 0.370 e. The lowest BCUT2D eigenvalue weighted by Gasteiger charge is -2.18. The number of aromatic amines is 1. The average molecular weight is 584 g/mol. The van der Waals surface area contributed by atoms with Gasteiger partial charge in [-0.05, 0) is 30.4 Å². The molecular formula is C25H16F8N6O2. The zero-order chi connectivity index (χ0) is 30.1. The molecular weight excluding hydrogens is 568 g/mol. The van der Waals surface area contributed by atoms with E-state index >= 15 is 0 Å². The van der Waals surface area contributed by atoms with Crippen LogP contribution in [0.25, 0.3) is 22.2 Å². The van der Waals surface area contributed by atoms with Crippen LogP contribution in [-0.2, 0) is 18.9 Å². The van der Waals surface area contributed by atoms with Gasteiger partial charge in [0.2, 0.25) is 0 Å². The SMILES string of the molecule is C#C[C@H](CCCn1ccc2cc(-c3ncc(C(F)(F)F)cn3)c(F)c(F)c2c1=O)Nc1cn[nH]c(=O)c1C(F)(F)F. The molecule has 0 saturated carbocycles. The summed E-state index contributed by atoms with van der Waals surface area (Å²) in [7, 11) is 0. The van der Waals surface area contributed by atoms with Gasteiger partial charge in [-0.3, -0.25) is 9.59 Å². The minimum atomic E-state index is -4.99. The van der Waals surface area contributed by atoms with E-state index in [1.54, 1.807) is 5.10 Å². The Kier molecular flexibility index (Phi) is 7.82. The molecule has 0 spiro atoms. The molecule has 1 aromatic carbocycles. The second-order valence-corrected chi connectivity index (χ2v) is 8.62. The molecule has 0 saturated heterocycles. The Bertz CT molecular complexity index is 1750. The Hall–Kier alpha value is -4.81. The summed E-state index contributed by atoms with van der Waals surface area (Å²) in [5, 5.41) is 6.72. The van der Waals surface area contributed by atoms with Crippen LogP contribution in [0.2, 0.25) is 0 Å². The highest BCUT2D eigenvalue weighted by Crippen LogP contribution is 2.32. The van der Waals surface area contributed by atoms with Gasteiger partial charge in [0, 0.05) is 25.1 Å². The number of aromatic nitrogens is 5. The van der Waals surface area contributed by atoms with E-state index in [0.29, 0.717) is 12.4 Å². The highest BCUT2D eigenvalue weighted by atomic mass is 19.4. The van der Waals surface area contributed by atoms with Crippen molar-refractivity contribution in [2.45, 2.75) is 37.8 Å². The van der Waals surface area contributed by atoms with E-state index in [4.69, 9.17) is 6.42 Å². The molecule has 0 aliphatic carbocycles. The third-order valence-corrected chi connectivity index (χ3v) is 5.93. The molecule has 214 valence electrons. The number of fused-ring (bicyclic) bond motifs is 1. The minimum Gasteiger partial charge on any atom is -0.370 e. The largest absolute Gasteiger partial charge is 0.423 e. The van der Waals surface area contributed by atoms with Crippen molar-refractivity contribution in [2.75, 3.05) is 5.32 Å². The van der Waals surface area contributed by atoms with Crippen molar-refractivity contribution >= 4 is 16.5 Å². The maximum atomic E-state index is 15.0. The highest BCUT2D eigenvalue weighted by Gasteiger charge is 2.37. The lowest BCUT2D eigenvalue weighted by molar-refractivity contribution is -0.139. The van der Waals surface area contributed by atoms with Crippen molar-refractivity contribution in [2.24, 2.45) is 0 Å². The standard InChI is InChI=1S/C25H16F8N6O2/c1-2-14(37-16-11-36-38-22(40)18(16)25(31,32)33)4-3-6-39-7-5-12-8-15(19(26)20(27)17(12)23(39)41)21-34-9-13(10-35-21)24(28,29)30/h1,5,7-11,14H,3-4,6H2,(H2,37,38,40)/t14-/m1/s1. The molecule has 0 aliphatic rings. The highest BCUT2D eigenvalue weighted by molar-refractivity contribution is 5.86. The van der Waals surface area contributed by atoms with E-state index in [-0.39, 0.29) is 24.8 Å². The molecule has 3 aromatic heterocycles. The number of hydrogen-bond acceptors (Lipinski definition) is 6. The summed E-state index contributed by atoms with van der Waals surface area (Å²) in [6, 6.07) is 1.27. The van der Waals surface area contributed by atoms with Gasteiger partial charge in [-0.15, -0.1) is 6.42 Å². The topological polar surface area (TPSA) is 106 Å². The van der Waals surface area contributed by atoms with E-state index in [1.807, 2.05) is 0 Å². The van der Waals surface area contributed by atoms with E-state index in [9.17, 15) is 44.7 Å². The van der Waals surface area contributed by atoms with Crippen molar-refractivity contribution in [1.82, 2.24) is 24.7 Å². The second-order valence-electron chi connectivity index (χ2n) is 8.62. The molecule has 0 radical (unpaired) electrons.